The second-order valence-corrected chi connectivity index (χ2v) is 6.15. The molecule has 94 valence electrons. The van der Waals surface area contributed by atoms with E-state index in [-0.39, 0.29) is 17.6 Å². The van der Waals surface area contributed by atoms with E-state index in [1.165, 1.54) is 0 Å². The van der Waals surface area contributed by atoms with Crippen molar-refractivity contribution in [3.8, 4) is 0 Å². The van der Waals surface area contributed by atoms with Crippen LogP contribution >= 0.6 is 0 Å². The Kier molecular flexibility index (Phi) is 3.84. The molecule has 0 aromatic rings. The molecule has 1 heterocycles. The molecule has 0 bridgehead atoms. The molecule has 0 saturated carbocycles. The van der Waals surface area contributed by atoms with Gasteiger partial charge in [-0.05, 0) is 39.2 Å². The Morgan fingerprint density at radius 1 is 1.44 bits per heavy atom. The summed E-state index contributed by atoms with van der Waals surface area (Å²) >= 11 is 0. The van der Waals surface area contributed by atoms with Crippen LogP contribution in [0.1, 0.15) is 41.0 Å². The predicted molar refractivity (Wildman–Crippen MR) is 64.4 cm³/mol. The number of piperidine rings is 1. The average molecular weight is 228 g/mol. The number of hydrogen-bond acceptors (Lipinski definition) is 3. The van der Waals surface area contributed by atoms with Gasteiger partial charge in [-0.3, -0.25) is 0 Å². The summed E-state index contributed by atoms with van der Waals surface area (Å²) in [5.41, 5.74) is -0.351. The molecule has 0 aromatic heterocycles. The third-order valence-electron chi connectivity index (χ3n) is 2.82. The lowest BCUT2D eigenvalue weighted by Crippen LogP contribution is -2.55. The number of nitrogens with one attached hydrogen (secondary N) is 2. The van der Waals surface area contributed by atoms with Gasteiger partial charge in [-0.2, -0.15) is 0 Å². The molecule has 0 unspecified atom stereocenters. The first-order chi connectivity index (χ1) is 7.21. The number of amides is 1. The van der Waals surface area contributed by atoms with Crippen LogP contribution in [-0.4, -0.2) is 30.8 Å². The highest BCUT2D eigenvalue weighted by atomic mass is 16.6. The topological polar surface area (TPSA) is 50.4 Å². The van der Waals surface area contributed by atoms with Crippen molar-refractivity contribution in [1.29, 1.82) is 0 Å². The molecule has 4 nitrogen and oxygen atoms in total. The fraction of sp³-hybridized carbons (Fsp3) is 0.917. The first-order valence-corrected chi connectivity index (χ1v) is 5.91. The van der Waals surface area contributed by atoms with Crippen molar-refractivity contribution in [3.63, 3.8) is 0 Å². The summed E-state index contributed by atoms with van der Waals surface area (Å²) in [6.07, 6.45) is 0.638. The molecule has 0 radical (unpaired) electrons. The first kappa shape index (κ1) is 13.3. The van der Waals surface area contributed by atoms with Crippen LogP contribution in [0.5, 0.6) is 0 Å². The summed E-state index contributed by atoms with van der Waals surface area (Å²) in [5, 5.41) is 6.30. The highest BCUT2D eigenvalue weighted by molar-refractivity contribution is 5.68. The lowest BCUT2D eigenvalue weighted by molar-refractivity contribution is 0.0434. The van der Waals surface area contributed by atoms with Crippen LogP contribution < -0.4 is 10.6 Å². The van der Waals surface area contributed by atoms with Crippen molar-refractivity contribution in [2.75, 3.05) is 13.1 Å². The van der Waals surface area contributed by atoms with Gasteiger partial charge in [0.2, 0.25) is 0 Å². The highest BCUT2D eigenvalue weighted by Crippen LogP contribution is 2.25. The van der Waals surface area contributed by atoms with Gasteiger partial charge in [-0.25, -0.2) is 4.79 Å². The van der Waals surface area contributed by atoms with Crippen molar-refractivity contribution in [3.05, 3.63) is 0 Å². The number of ether oxygens (including phenoxy) is 1. The maximum atomic E-state index is 11.7. The van der Waals surface area contributed by atoms with Gasteiger partial charge in [0.15, 0.2) is 0 Å². The molecule has 1 atom stereocenters. The Labute approximate surface area is 98.1 Å². The summed E-state index contributed by atoms with van der Waals surface area (Å²) in [6, 6.07) is 0.184. The van der Waals surface area contributed by atoms with E-state index in [9.17, 15) is 4.79 Å². The third kappa shape index (κ3) is 4.00. The van der Waals surface area contributed by atoms with Gasteiger partial charge in [0.1, 0.15) is 5.60 Å². The fourth-order valence-electron chi connectivity index (χ4n) is 1.89. The average Bonchev–Trinajstić information content (AvgIpc) is 2.05. The molecule has 4 heteroatoms. The van der Waals surface area contributed by atoms with Crippen molar-refractivity contribution in [2.45, 2.75) is 52.7 Å². The lowest BCUT2D eigenvalue weighted by Gasteiger charge is -2.39. The Morgan fingerprint density at radius 2 is 2.06 bits per heavy atom. The van der Waals surface area contributed by atoms with Crippen LogP contribution in [-0.2, 0) is 4.74 Å². The van der Waals surface area contributed by atoms with E-state index in [2.05, 4.69) is 24.5 Å². The Balaban J connectivity index is 2.49. The van der Waals surface area contributed by atoms with Gasteiger partial charge in [0.05, 0.1) is 0 Å². The van der Waals surface area contributed by atoms with E-state index < -0.39 is 5.60 Å². The van der Waals surface area contributed by atoms with Gasteiger partial charge in [-0.15, -0.1) is 0 Å². The molecule has 1 aliphatic rings. The summed E-state index contributed by atoms with van der Waals surface area (Å²) in [5.74, 6) is 0. The van der Waals surface area contributed by atoms with Crippen LogP contribution in [0.15, 0.2) is 0 Å². The van der Waals surface area contributed by atoms with Crippen LogP contribution in [0.2, 0.25) is 0 Å². The van der Waals surface area contributed by atoms with E-state index in [4.69, 9.17) is 4.74 Å². The number of carbonyl (C=O) groups excluding carboxylic acids is 1. The molecule has 16 heavy (non-hydrogen) atoms. The van der Waals surface area contributed by atoms with Crippen molar-refractivity contribution >= 4 is 6.09 Å². The summed E-state index contributed by atoms with van der Waals surface area (Å²) in [7, 11) is 0. The largest absolute Gasteiger partial charge is 0.444 e. The maximum absolute atomic E-state index is 11.7. The van der Waals surface area contributed by atoms with E-state index in [1.807, 2.05) is 20.8 Å². The second-order valence-electron chi connectivity index (χ2n) is 6.15. The number of alkyl carbamates (subject to hydrolysis) is 1. The number of hydrogen-bond donors (Lipinski definition) is 2. The van der Waals surface area contributed by atoms with E-state index in [1.54, 1.807) is 0 Å². The fourth-order valence-corrected chi connectivity index (χ4v) is 1.89. The van der Waals surface area contributed by atoms with Gasteiger partial charge in [0.25, 0.3) is 0 Å². The Bertz CT molecular complexity index is 256. The van der Waals surface area contributed by atoms with E-state index in [0.29, 0.717) is 0 Å². The van der Waals surface area contributed by atoms with Gasteiger partial charge < -0.3 is 15.4 Å². The minimum atomic E-state index is -0.429. The molecule has 1 aliphatic heterocycles. The minimum Gasteiger partial charge on any atom is -0.444 e. The summed E-state index contributed by atoms with van der Waals surface area (Å²) in [4.78, 5) is 11.7. The van der Waals surface area contributed by atoms with E-state index in [0.717, 1.165) is 19.5 Å². The predicted octanol–water partition coefficient (Wildman–Crippen LogP) is 1.90. The minimum absolute atomic E-state index is 0.0785. The molecule has 0 aromatic carbocycles. The lowest BCUT2D eigenvalue weighted by atomic mass is 9.80. The van der Waals surface area contributed by atoms with Crippen molar-refractivity contribution < 1.29 is 9.53 Å². The molecular weight excluding hydrogens is 204 g/mol. The zero-order valence-corrected chi connectivity index (χ0v) is 11.0. The maximum Gasteiger partial charge on any atom is 0.407 e. The van der Waals surface area contributed by atoms with Gasteiger partial charge >= 0.3 is 6.09 Å². The second kappa shape index (κ2) is 4.62. The van der Waals surface area contributed by atoms with Gasteiger partial charge in [-0.1, -0.05) is 13.8 Å². The van der Waals surface area contributed by atoms with Crippen LogP contribution in [0, 0.1) is 5.41 Å². The Hall–Kier alpha value is -0.770. The number of rotatable bonds is 1. The van der Waals surface area contributed by atoms with Crippen molar-refractivity contribution in [2.24, 2.45) is 5.41 Å². The Morgan fingerprint density at radius 3 is 2.56 bits per heavy atom. The zero-order valence-electron chi connectivity index (χ0n) is 11.0. The molecule has 1 fully saturated rings. The van der Waals surface area contributed by atoms with Crippen LogP contribution in [0.25, 0.3) is 0 Å². The molecule has 2 N–H and O–H groups in total. The molecule has 0 aliphatic carbocycles. The quantitative estimate of drug-likeness (QED) is 0.720. The van der Waals surface area contributed by atoms with Crippen LogP contribution in [0.3, 0.4) is 0 Å². The molecule has 1 saturated heterocycles. The normalized spacial score (nSPS) is 24.9. The van der Waals surface area contributed by atoms with Crippen molar-refractivity contribution in [1.82, 2.24) is 10.6 Å². The standard InChI is InChI=1S/C12H24N2O2/c1-11(2,3)16-10(15)14-9-6-7-13-8-12(9,4)5/h9,13H,6-8H2,1-5H3,(H,14,15)/t9-/m1/s1. The zero-order chi connectivity index (χ0) is 12.4. The SMILES string of the molecule is CC(C)(C)OC(=O)N[C@@H]1CCNCC1(C)C. The third-order valence-corrected chi connectivity index (χ3v) is 2.82. The first-order valence-electron chi connectivity index (χ1n) is 5.91. The molecule has 0 spiro atoms. The number of carbonyl (C=O) groups is 1. The molecule has 1 amide bonds. The highest BCUT2D eigenvalue weighted by Gasteiger charge is 2.34. The summed E-state index contributed by atoms with van der Waals surface area (Å²) < 4.78 is 5.26. The molecular formula is C12H24N2O2. The summed E-state index contributed by atoms with van der Waals surface area (Å²) in [6.45, 7) is 11.8. The monoisotopic (exact) mass is 228 g/mol. The smallest absolute Gasteiger partial charge is 0.407 e. The molecule has 1 rings (SSSR count). The van der Waals surface area contributed by atoms with Crippen LogP contribution in [0.4, 0.5) is 4.79 Å². The van der Waals surface area contributed by atoms with Gasteiger partial charge in [0, 0.05) is 12.6 Å². The van der Waals surface area contributed by atoms with E-state index >= 15 is 0 Å².